The van der Waals surface area contributed by atoms with Crippen LogP contribution in [0.15, 0.2) is 66.7 Å². The number of fused-ring (bicyclic) bond motifs is 1. The molecular formula is C32H39ClN2O5. The van der Waals surface area contributed by atoms with E-state index >= 15 is 0 Å². The van der Waals surface area contributed by atoms with Crippen LogP contribution in [0, 0.1) is 0 Å². The average molecular weight is 567 g/mol. The molecule has 0 bridgehead atoms. The van der Waals surface area contributed by atoms with Gasteiger partial charge < -0.3 is 33.9 Å². The van der Waals surface area contributed by atoms with Crippen molar-refractivity contribution in [1.29, 1.82) is 0 Å². The Morgan fingerprint density at radius 2 is 1.82 bits per heavy atom. The summed E-state index contributed by atoms with van der Waals surface area (Å²) in [6, 6.07) is 22.2. The molecule has 2 atom stereocenters. The first-order valence-corrected chi connectivity index (χ1v) is 14.5. The van der Waals surface area contributed by atoms with Crippen LogP contribution in [0.5, 0.6) is 17.2 Å². The Kier molecular flexibility index (Phi) is 10.4. The van der Waals surface area contributed by atoms with E-state index in [2.05, 4.69) is 40.5 Å². The molecule has 3 aromatic carbocycles. The second-order valence-electron chi connectivity index (χ2n) is 10.2. The highest BCUT2D eigenvalue weighted by molar-refractivity contribution is 6.30. The highest BCUT2D eigenvalue weighted by atomic mass is 35.5. The third kappa shape index (κ3) is 7.82. The molecule has 0 saturated carbocycles. The lowest BCUT2D eigenvalue weighted by Gasteiger charge is -2.33. The smallest absolute Gasteiger partial charge is 0.142 e. The zero-order valence-corrected chi connectivity index (χ0v) is 23.9. The monoisotopic (exact) mass is 566 g/mol. The number of halogens is 1. The van der Waals surface area contributed by atoms with Crippen molar-refractivity contribution in [3.63, 3.8) is 0 Å². The largest absolute Gasteiger partial charge is 0.490 e. The zero-order valence-electron chi connectivity index (χ0n) is 23.2. The molecule has 2 heterocycles. The number of benzene rings is 3. The maximum atomic E-state index is 6.52. The van der Waals surface area contributed by atoms with Crippen molar-refractivity contribution in [2.45, 2.75) is 31.5 Å². The van der Waals surface area contributed by atoms with Crippen LogP contribution < -0.4 is 24.4 Å². The Labute approximate surface area is 242 Å². The molecule has 1 saturated heterocycles. The van der Waals surface area contributed by atoms with Gasteiger partial charge in [0.05, 0.1) is 24.9 Å². The summed E-state index contributed by atoms with van der Waals surface area (Å²) < 4.78 is 29.3. The van der Waals surface area contributed by atoms with Crippen LogP contribution in [0.2, 0.25) is 5.02 Å². The van der Waals surface area contributed by atoms with Crippen LogP contribution >= 0.6 is 11.6 Å². The van der Waals surface area contributed by atoms with Crippen LogP contribution in [0.3, 0.4) is 0 Å². The number of methoxy groups -OCH3 is 1. The van der Waals surface area contributed by atoms with Gasteiger partial charge in [0.25, 0.3) is 0 Å². The number of hydrogen-bond donors (Lipinski definition) is 1. The van der Waals surface area contributed by atoms with Crippen LogP contribution in [-0.4, -0.2) is 65.8 Å². The normalized spacial score (nSPS) is 18.6. The van der Waals surface area contributed by atoms with Gasteiger partial charge in [0.2, 0.25) is 0 Å². The number of nitrogens with one attached hydrogen (secondary N) is 1. The number of rotatable bonds is 13. The number of anilines is 1. The zero-order chi connectivity index (χ0) is 27.6. The minimum atomic E-state index is 0.0942. The third-order valence-corrected chi connectivity index (χ3v) is 7.61. The lowest BCUT2D eigenvalue weighted by Crippen LogP contribution is -2.41. The summed E-state index contributed by atoms with van der Waals surface area (Å²) in [5.41, 5.74) is 3.58. The van der Waals surface area contributed by atoms with E-state index in [-0.39, 0.29) is 6.10 Å². The van der Waals surface area contributed by atoms with Crippen molar-refractivity contribution < 1.29 is 23.7 Å². The van der Waals surface area contributed by atoms with Crippen molar-refractivity contribution >= 4 is 17.3 Å². The Hall–Kier alpha value is -2.97. The highest BCUT2D eigenvalue weighted by Crippen LogP contribution is 2.34. The molecule has 0 aliphatic carbocycles. The molecule has 0 unspecified atom stereocenters. The van der Waals surface area contributed by atoms with Crippen LogP contribution in [0.4, 0.5) is 5.69 Å². The van der Waals surface area contributed by atoms with E-state index in [1.54, 1.807) is 13.2 Å². The average Bonchev–Trinajstić information content (AvgIpc) is 2.99. The molecule has 0 amide bonds. The van der Waals surface area contributed by atoms with Crippen molar-refractivity contribution in [3.05, 3.63) is 82.9 Å². The van der Waals surface area contributed by atoms with Gasteiger partial charge in [0.1, 0.15) is 37.1 Å². The van der Waals surface area contributed by atoms with Crippen molar-refractivity contribution in [2.24, 2.45) is 0 Å². The molecule has 1 fully saturated rings. The van der Waals surface area contributed by atoms with Crippen molar-refractivity contribution in [3.8, 4) is 17.2 Å². The minimum Gasteiger partial charge on any atom is -0.490 e. The highest BCUT2D eigenvalue weighted by Gasteiger charge is 2.27. The summed E-state index contributed by atoms with van der Waals surface area (Å²) in [5.74, 6) is 2.85. The molecule has 5 rings (SSSR count). The van der Waals surface area contributed by atoms with Gasteiger partial charge in [-0.3, -0.25) is 0 Å². The maximum Gasteiger partial charge on any atom is 0.142 e. The van der Waals surface area contributed by atoms with E-state index in [1.165, 1.54) is 5.56 Å². The van der Waals surface area contributed by atoms with E-state index in [1.807, 2.05) is 30.3 Å². The fraction of sp³-hybridized carbons (Fsp3) is 0.438. The minimum absolute atomic E-state index is 0.0942. The topological polar surface area (TPSA) is 61.4 Å². The first-order valence-electron chi connectivity index (χ1n) is 14.1. The Morgan fingerprint density at radius 1 is 0.975 bits per heavy atom. The predicted octanol–water partition coefficient (Wildman–Crippen LogP) is 5.70. The molecule has 7 nitrogen and oxygen atoms in total. The molecule has 0 aromatic heterocycles. The number of piperidine rings is 1. The molecule has 40 heavy (non-hydrogen) atoms. The SMILES string of the molecule is COCCCN1CCOc2ccc(CO[C@H]3CNCC[C@@H]3c3ccc(OCCOc4cccc(Cl)c4)cc3)cc21. The Bertz CT molecular complexity index is 1210. The third-order valence-electron chi connectivity index (χ3n) is 7.37. The quantitative estimate of drug-likeness (QED) is 0.266. The molecule has 0 spiro atoms. The van der Waals surface area contributed by atoms with Gasteiger partial charge in [0.15, 0.2) is 0 Å². The summed E-state index contributed by atoms with van der Waals surface area (Å²) in [6.07, 6.45) is 2.12. The molecular weight excluding hydrogens is 528 g/mol. The summed E-state index contributed by atoms with van der Waals surface area (Å²) in [5, 5.41) is 4.17. The molecule has 1 N–H and O–H groups in total. The summed E-state index contributed by atoms with van der Waals surface area (Å²) in [6.45, 7) is 6.62. The van der Waals surface area contributed by atoms with E-state index in [0.29, 0.717) is 37.4 Å². The summed E-state index contributed by atoms with van der Waals surface area (Å²) in [4.78, 5) is 2.39. The van der Waals surface area contributed by atoms with Gasteiger partial charge in [-0.2, -0.15) is 0 Å². The second-order valence-corrected chi connectivity index (χ2v) is 10.6. The van der Waals surface area contributed by atoms with Gasteiger partial charge in [-0.05, 0) is 73.0 Å². The number of ether oxygens (including phenoxy) is 5. The van der Waals surface area contributed by atoms with Gasteiger partial charge in [0, 0.05) is 37.7 Å². The number of nitrogens with zero attached hydrogens (tertiary/aromatic N) is 1. The molecule has 3 aromatic rings. The van der Waals surface area contributed by atoms with E-state index in [4.69, 9.17) is 35.3 Å². The van der Waals surface area contributed by atoms with Gasteiger partial charge in [-0.1, -0.05) is 35.9 Å². The second kappa shape index (κ2) is 14.6. The van der Waals surface area contributed by atoms with Gasteiger partial charge >= 0.3 is 0 Å². The first kappa shape index (κ1) is 28.6. The van der Waals surface area contributed by atoms with Crippen LogP contribution in [-0.2, 0) is 16.1 Å². The fourth-order valence-corrected chi connectivity index (χ4v) is 5.50. The van der Waals surface area contributed by atoms with Crippen LogP contribution in [0.25, 0.3) is 0 Å². The van der Waals surface area contributed by atoms with E-state index < -0.39 is 0 Å². The molecule has 2 aliphatic heterocycles. The Balaban J connectivity index is 1.14. The van der Waals surface area contributed by atoms with Crippen molar-refractivity contribution in [2.75, 3.05) is 64.6 Å². The standard InChI is InChI=1S/C32H39ClN2O5/c1-36-16-3-14-35-15-17-39-31-11-6-24(20-30(31)35)23-40-32-22-34-13-12-29(32)25-7-9-27(10-8-25)37-18-19-38-28-5-2-4-26(33)21-28/h2,4-11,20-21,29,32,34H,3,12-19,22-23H2,1H3/t29-,32+/m1/s1. The fourth-order valence-electron chi connectivity index (χ4n) is 5.32. The van der Waals surface area contributed by atoms with Gasteiger partial charge in [-0.25, -0.2) is 0 Å². The van der Waals surface area contributed by atoms with Gasteiger partial charge in [-0.15, -0.1) is 0 Å². The molecule has 2 aliphatic rings. The number of hydrogen-bond acceptors (Lipinski definition) is 7. The van der Waals surface area contributed by atoms with E-state index in [0.717, 1.165) is 74.1 Å². The lowest BCUT2D eigenvalue weighted by atomic mass is 9.87. The maximum absolute atomic E-state index is 6.52. The lowest BCUT2D eigenvalue weighted by molar-refractivity contribution is 0.0106. The first-order chi connectivity index (χ1) is 19.7. The molecule has 214 valence electrons. The van der Waals surface area contributed by atoms with E-state index in [9.17, 15) is 0 Å². The van der Waals surface area contributed by atoms with Crippen LogP contribution in [0.1, 0.15) is 29.9 Å². The van der Waals surface area contributed by atoms with Crippen molar-refractivity contribution in [1.82, 2.24) is 5.32 Å². The predicted molar refractivity (Wildman–Crippen MR) is 158 cm³/mol. The molecule has 0 radical (unpaired) electrons. The molecule has 8 heteroatoms. The Morgan fingerprint density at radius 3 is 2.65 bits per heavy atom. The summed E-state index contributed by atoms with van der Waals surface area (Å²) in [7, 11) is 1.75. The summed E-state index contributed by atoms with van der Waals surface area (Å²) >= 11 is 6.01.